The molecule has 0 atom stereocenters. The number of hydrogen-bond acceptors (Lipinski definition) is 7. The molecule has 0 aliphatic carbocycles. The number of hydrogen-bond donors (Lipinski definition) is 0. The number of aryl methyl sites for hydroxylation is 1. The van der Waals surface area contributed by atoms with Crippen molar-refractivity contribution in [1.29, 1.82) is 0 Å². The molecule has 0 N–H and O–H groups in total. The number of esters is 1. The topological polar surface area (TPSA) is 84.9 Å². The minimum Gasteiger partial charge on any atom is -0.463 e. The Kier molecular flexibility index (Phi) is 5.26. The van der Waals surface area contributed by atoms with Gasteiger partial charge in [0.25, 0.3) is 0 Å². The Hall–Kier alpha value is -2.38. The standard InChI is InChI=1S/C16H24N4O4/c1-11-12(10-17-13(18-11)14(21)23-5)19-6-8-20(9-7-19)15(22)24-16(2,3)4/h10H,6-9H2,1-5H3. The first-order valence-corrected chi connectivity index (χ1v) is 7.86. The molecule has 2 rings (SSSR count). The van der Waals surface area contributed by atoms with Crippen molar-refractivity contribution in [3.63, 3.8) is 0 Å². The highest BCUT2D eigenvalue weighted by molar-refractivity contribution is 5.85. The summed E-state index contributed by atoms with van der Waals surface area (Å²) < 4.78 is 10.0. The molecule has 1 aromatic rings. The van der Waals surface area contributed by atoms with Crippen LogP contribution in [0.4, 0.5) is 10.5 Å². The van der Waals surface area contributed by atoms with Gasteiger partial charge >= 0.3 is 12.1 Å². The third-order valence-electron chi connectivity index (χ3n) is 3.59. The molecule has 1 aliphatic heterocycles. The second-order valence-electron chi connectivity index (χ2n) is 6.61. The molecule has 0 aromatic carbocycles. The van der Waals surface area contributed by atoms with Crippen molar-refractivity contribution in [2.24, 2.45) is 0 Å². The van der Waals surface area contributed by atoms with Crippen LogP contribution < -0.4 is 4.90 Å². The largest absolute Gasteiger partial charge is 0.463 e. The zero-order chi connectivity index (χ0) is 17.9. The first kappa shape index (κ1) is 18.0. The van der Waals surface area contributed by atoms with Crippen LogP contribution in [-0.2, 0) is 9.47 Å². The summed E-state index contributed by atoms with van der Waals surface area (Å²) in [7, 11) is 1.30. The van der Waals surface area contributed by atoms with Crippen LogP contribution in [0.5, 0.6) is 0 Å². The van der Waals surface area contributed by atoms with Gasteiger partial charge in [0, 0.05) is 26.2 Å². The minimum absolute atomic E-state index is 0.0474. The maximum absolute atomic E-state index is 12.1. The average Bonchev–Trinajstić information content (AvgIpc) is 2.52. The molecule has 0 unspecified atom stereocenters. The Labute approximate surface area is 141 Å². The number of ether oxygens (including phenoxy) is 2. The van der Waals surface area contributed by atoms with Crippen molar-refractivity contribution in [3.8, 4) is 0 Å². The van der Waals surface area contributed by atoms with Gasteiger partial charge in [-0.2, -0.15) is 0 Å². The van der Waals surface area contributed by atoms with E-state index in [0.29, 0.717) is 31.9 Å². The molecular formula is C16H24N4O4. The maximum atomic E-state index is 12.1. The Morgan fingerprint density at radius 2 is 1.79 bits per heavy atom. The molecule has 0 bridgehead atoms. The Morgan fingerprint density at radius 3 is 2.29 bits per heavy atom. The SMILES string of the molecule is COC(=O)c1ncc(N2CCN(C(=O)OC(C)(C)C)CC2)c(C)n1. The molecule has 0 saturated carbocycles. The summed E-state index contributed by atoms with van der Waals surface area (Å²) in [5, 5.41) is 0. The number of aromatic nitrogens is 2. The van der Waals surface area contributed by atoms with E-state index in [1.54, 1.807) is 11.1 Å². The average molecular weight is 336 g/mol. The zero-order valence-electron chi connectivity index (χ0n) is 14.8. The first-order valence-electron chi connectivity index (χ1n) is 7.86. The summed E-state index contributed by atoms with van der Waals surface area (Å²) in [4.78, 5) is 35.6. The third-order valence-corrected chi connectivity index (χ3v) is 3.59. The van der Waals surface area contributed by atoms with Crippen molar-refractivity contribution in [2.75, 3.05) is 38.2 Å². The Morgan fingerprint density at radius 1 is 1.17 bits per heavy atom. The highest BCUT2D eigenvalue weighted by atomic mass is 16.6. The number of amides is 1. The van der Waals surface area contributed by atoms with Crippen molar-refractivity contribution in [1.82, 2.24) is 14.9 Å². The normalized spacial score (nSPS) is 15.2. The summed E-state index contributed by atoms with van der Waals surface area (Å²) in [5.41, 5.74) is 1.06. The molecule has 1 amide bonds. The molecular weight excluding hydrogens is 312 g/mol. The predicted octanol–water partition coefficient (Wildman–Crippen LogP) is 1.63. The van der Waals surface area contributed by atoms with Crippen LogP contribution in [0.15, 0.2) is 6.20 Å². The summed E-state index contributed by atoms with van der Waals surface area (Å²) in [6, 6.07) is 0. The Balaban J connectivity index is 2.00. The predicted molar refractivity (Wildman–Crippen MR) is 88.1 cm³/mol. The van der Waals surface area contributed by atoms with E-state index in [1.807, 2.05) is 27.7 Å². The molecule has 132 valence electrons. The molecule has 0 radical (unpaired) electrons. The number of carbonyl (C=O) groups is 2. The highest BCUT2D eigenvalue weighted by Gasteiger charge is 2.27. The number of nitrogens with zero attached hydrogens (tertiary/aromatic N) is 4. The molecule has 0 spiro atoms. The molecule has 1 aromatic heterocycles. The van der Waals surface area contributed by atoms with Gasteiger partial charge in [0.15, 0.2) is 0 Å². The summed E-state index contributed by atoms with van der Waals surface area (Å²) >= 11 is 0. The van der Waals surface area contributed by atoms with Gasteiger partial charge in [-0.05, 0) is 27.7 Å². The van der Waals surface area contributed by atoms with Gasteiger partial charge in [-0.15, -0.1) is 0 Å². The second-order valence-corrected chi connectivity index (χ2v) is 6.61. The van der Waals surface area contributed by atoms with Gasteiger partial charge in [0.1, 0.15) is 5.60 Å². The van der Waals surface area contributed by atoms with Gasteiger partial charge in [-0.25, -0.2) is 19.6 Å². The number of piperazine rings is 1. The lowest BCUT2D eigenvalue weighted by Crippen LogP contribution is -2.50. The lowest BCUT2D eigenvalue weighted by Gasteiger charge is -2.36. The second kappa shape index (κ2) is 7.02. The number of methoxy groups -OCH3 is 1. The van der Waals surface area contributed by atoms with E-state index < -0.39 is 11.6 Å². The van der Waals surface area contributed by atoms with Crippen molar-refractivity contribution >= 4 is 17.7 Å². The van der Waals surface area contributed by atoms with E-state index in [1.165, 1.54) is 7.11 Å². The van der Waals surface area contributed by atoms with Gasteiger partial charge < -0.3 is 19.3 Å². The maximum Gasteiger partial charge on any atom is 0.410 e. The van der Waals surface area contributed by atoms with Crippen LogP contribution in [0.2, 0.25) is 0 Å². The van der Waals surface area contributed by atoms with E-state index in [4.69, 9.17) is 4.74 Å². The minimum atomic E-state index is -0.556. The van der Waals surface area contributed by atoms with Gasteiger partial charge in [0.2, 0.25) is 5.82 Å². The fourth-order valence-electron chi connectivity index (χ4n) is 2.42. The van der Waals surface area contributed by atoms with E-state index in [0.717, 1.165) is 5.69 Å². The summed E-state index contributed by atoms with van der Waals surface area (Å²) in [6.45, 7) is 9.81. The number of carbonyl (C=O) groups excluding carboxylic acids is 2. The summed E-state index contributed by atoms with van der Waals surface area (Å²) in [6.07, 6.45) is 1.33. The van der Waals surface area contributed by atoms with E-state index in [2.05, 4.69) is 19.6 Å². The molecule has 1 aliphatic rings. The molecule has 1 saturated heterocycles. The lowest BCUT2D eigenvalue weighted by molar-refractivity contribution is 0.0240. The van der Waals surface area contributed by atoms with E-state index >= 15 is 0 Å². The van der Waals surface area contributed by atoms with Crippen molar-refractivity contribution in [3.05, 3.63) is 17.7 Å². The fraction of sp³-hybridized carbons (Fsp3) is 0.625. The highest BCUT2D eigenvalue weighted by Crippen LogP contribution is 2.20. The van der Waals surface area contributed by atoms with E-state index in [-0.39, 0.29) is 11.9 Å². The van der Waals surface area contributed by atoms with Gasteiger partial charge in [0.05, 0.1) is 24.7 Å². The van der Waals surface area contributed by atoms with Gasteiger partial charge in [-0.1, -0.05) is 0 Å². The molecule has 8 heteroatoms. The van der Waals surface area contributed by atoms with Crippen LogP contribution in [0.25, 0.3) is 0 Å². The number of rotatable bonds is 2. The van der Waals surface area contributed by atoms with E-state index in [9.17, 15) is 9.59 Å². The molecule has 8 nitrogen and oxygen atoms in total. The monoisotopic (exact) mass is 336 g/mol. The molecule has 24 heavy (non-hydrogen) atoms. The third kappa shape index (κ3) is 4.33. The Bertz CT molecular complexity index is 619. The quantitative estimate of drug-likeness (QED) is 0.759. The van der Waals surface area contributed by atoms with Crippen LogP contribution in [0, 0.1) is 6.92 Å². The fourth-order valence-corrected chi connectivity index (χ4v) is 2.42. The smallest absolute Gasteiger partial charge is 0.410 e. The van der Waals surface area contributed by atoms with Crippen molar-refractivity contribution < 1.29 is 19.1 Å². The van der Waals surface area contributed by atoms with Crippen LogP contribution in [0.3, 0.4) is 0 Å². The van der Waals surface area contributed by atoms with Crippen LogP contribution >= 0.6 is 0 Å². The van der Waals surface area contributed by atoms with Gasteiger partial charge in [-0.3, -0.25) is 0 Å². The molecule has 2 heterocycles. The zero-order valence-corrected chi connectivity index (χ0v) is 14.8. The van der Waals surface area contributed by atoms with Crippen molar-refractivity contribution in [2.45, 2.75) is 33.3 Å². The first-order chi connectivity index (χ1) is 11.2. The summed E-state index contributed by atoms with van der Waals surface area (Å²) in [5.74, 6) is -0.509. The lowest BCUT2D eigenvalue weighted by atomic mass is 10.2. The number of anilines is 1. The van der Waals surface area contributed by atoms with Crippen LogP contribution in [-0.4, -0.2) is 65.8 Å². The molecule has 1 fully saturated rings. The van der Waals surface area contributed by atoms with Crippen LogP contribution in [0.1, 0.15) is 37.1 Å².